The highest BCUT2D eigenvalue weighted by Crippen LogP contribution is 2.35. The fourth-order valence-corrected chi connectivity index (χ4v) is 3.09. The van der Waals surface area contributed by atoms with Crippen molar-refractivity contribution in [1.82, 2.24) is 5.32 Å². The molecule has 0 saturated heterocycles. The number of amides is 1. The van der Waals surface area contributed by atoms with Gasteiger partial charge in [-0.25, -0.2) is 4.79 Å². The summed E-state index contributed by atoms with van der Waals surface area (Å²) in [5.74, 6) is -1.70. The van der Waals surface area contributed by atoms with Crippen LogP contribution in [-0.2, 0) is 21.4 Å². The largest absolute Gasteiger partial charge is 0.480 e. The van der Waals surface area contributed by atoms with Crippen molar-refractivity contribution in [3.63, 3.8) is 0 Å². The van der Waals surface area contributed by atoms with Gasteiger partial charge in [-0.2, -0.15) is 0 Å². The molecule has 0 atom stereocenters. The van der Waals surface area contributed by atoms with E-state index in [0.717, 1.165) is 16.3 Å². The molecule has 0 aliphatic heterocycles. The third kappa shape index (κ3) is 3.58. The second-order valence-corrected chi connectivity index (χ2v) is 7.58. The van der Waals surface area contributed by atoms with Crippen LogP contribution in [0.15, 0.2) is 32.0 Å². The Morgan fingerprint density at radius 1 is 1.15 bits per heavy atom. The van der Waals surface area contributed by atoms with Gasteiger partial charge in [-0.05, 0) is 24.0 Å². The maximum absolute atomic E-state index is 12.3. The molecule has 2 aromatic heterocycles. The molecule has 2 N–H and O–H groups in total. The number of rotatable bonds is 4. The van der Waals surface area contributed by atoms with E-state index >= 15 is 0 Å². The van der Waals surface area contributed by atoms with Crippen LogP contribution in [0.2, 0.25) is 0 Å². The van der Waals surface area contributed by atoms with E-state index in [0.29, 0.717) is 16.7 Å². The molecule has 0 aliphatic rings. The number of aliphatic carboxylic acids is 1. The number of carbonyl (C=O) groups is 2. The molecule has 3 rings (SSSR count). The fourth-order valence-electron chi connectivity index (χ4n) is 3.09. The third-order valence-electron chi connectivity index (χ3n) is 4.56. The summed E-state index contributed by atoms with van der Waals surface area (Å²) in [6, 6.07) is 3.59. The lowest BCUT2D eigenvalue weighted by Gasteiger charge is -2.16. The van der Waals surface area contributed by atoms with Crippen LogP contribution in [0.4, 0.5) is 0 Å². The summed E-state index contributed by atoms with van der Waals surface area (Å²) in [6.07, 6.45) is 1.46. The molecule has 0 aliphatic carbocycles. The first-order valence-corrected chi connectivity index (χ1v) is 8.54. The van der Waals surface area contributed by atoms with Crippen LogP contribution in [0.25, 0.3) is 21.9 Å². The Morgan fingerprint density at radius 2 is 1.85 bits per heavy atom. The van der Waals surface area contributed by atoms with Crippen LogP contribution in [0.3, 0.4) is 0 Å². The van der Waals surface area contributed by atoms with Crippen LogP contribution >= 0.6 is 0 Å². The summed E-state index contributed by atoms with van der Waals surface area (Å²) in [5, 5.41) is 12.5. The molecule has 0 radical (unpaired) electrons. The third-order valence-corrected chi connectivity index (χ3v) is 4.56. The zero-order valence-electron chi connectivity index (χ0n) is 15.6. The first kappa shape index (κ1) is 18.7. The molecule has 3 aromatic rings. The first-order valence-electron chi connectivity index (χ1n) is 8.54. The van der Waals surface area contributed by atoms with E-state index < -0.39 is 24.0 Å². The first-order chi connectivity index (χ1) is 12.6. The molecule has 0 spiro atoms. The minimum atomic E-state index is -1.15. The zero-order chi connectivity index (χ0) is 19.9. The highest BCUT2D eigenvalue weighted by Gasteiger charge is 2.22. The molecule has 7 nitrogen and oxygen atoms in total. The zero-order valence-corrected chi connectivity index (χ0v) is 15.6. The topological polar surface area (TPSA) is 110 Å². The Kier molecular flexibility index (Phi) is 4.55. The smallest absolute Gasteiger partial charge is 0.340 e. The van der Waals surface area contributed by atoms with Gasteiger partial charge in [-0.3, -0.25) is 9.59 Å². The van der Waals surface area contributed by atoms with Gasteiger partial charge in [0.1, 0.15) is 17.7 Å². The SMILES string of the molecule is Cc1c(CC(=O)NCC(=O)O)c(=O)oc2cc3occ(C(C)(C)C)c3cc12. The Balaban J connectivity index is 2.11. The second-order valence-electron chi connectivity index (χ2n) is 7.58. The van der Waals surface area contributed by atoms with Crippen molar-refractivity contribution >= 4 is 33.8 Å². The minimum Gasteiger partial charge on any atom is -0.480 e. The summed E-state index contributed by atoms with van der Waals surface area (Å²) in [4.78, 5) is 34.9. The number of furan rings is 1. The average Bonchev–Trinajstić information content (AvgIpc) is 2.98. The van der Waals surface area contributed by atoms with Gasteiger partial charge in [0.05, 0.1) is 18.2 Å². The van der Waals surface area contributed by atoms with Crippen LogP contribution in [0, 0.1) is 6.92 Å². The minimum absolute atomic E-state index is 0.123. The van der Waals surface area contributed by atoms with Crippen molar-refractivity contribution in [3.8, 4) is 0 Å². The predicted molar refractivity (Wildman–Crippen MR) is 100 cm³/mol. The van der Waals surface area contributed by atoms with E-state index in [1.54, 1.807) is 19.3 Å². The maximum Gasteiger partial charge on any atom is 0.340 e. The van der Waals surface area contributed by atoms with Crippen LogP contribution in [-0.4, -0.2) is 23.5 Å². The summed E-state index contributed by atoms with van der Waals surface area (Å²) in [5.41, 5.74) is 2.15. The number of nitrogens with one attached hydrogen (secondary N) is 1. The Morgan fingerprint density at radius 3 is 2.48 bits per heavy atom. The van der Waals surface area contributed by atoms with Crippen molar-refractivity contribution < 1.29 is 23.5 Å². The van der Waals surface area contributed by atoms with Crippen molar-refractivity contribution in [2.24, 2.45) is 0 Å². The molecule has 7 heteroatoms. The highest BCUT2D eigenvalue weighted by molar-refractivity contribution is 5.97. The average molecular weight is 371 g/mol. The van der Waals surface area contributed by atoms with Crippen molar-refractivity contribution in [3.05, 3.63) is 45.5 Å². The number of carboxylic acid groups (broad SMARTS) is 1. The Hall–Kier alpha value is -3.09. The molecule has 2 heterocycles. The lowest BCUT2D eigenvalue weighted by Crippen LogP contribution is -2.32. The van der Waals surface area contributed by atoms with Gasteiger partial charge in [0.25, 0.3) is 0 Å². The molecule has 0 saturated carbocycles. The van der Waals surface area contributed by atoms with E-state index in [1.807, 2.05) is 6.07 Å². The normalized spacial score (nSPS) is 11.9. The summed E-state index contributed by atoms with van der Waals surface area (Å²) < 4.78 is 11.0. The quantitative estimate of drug-likeness (QED) is 0.683. The number of benzene rings is 1. The van der Waals surface area contributed by atoms with Crippen LogP contribution in [0.5, 0.6) is 0 Å². The summed E-state index contributed by atoms with van der Waals surface area (Å²) >= 11 is 0. The number of fused-ring (bicyclic) bond motifs is 2. The van der Waals surface area contributed by atoms with E-state index in [-0.39, 0.29) is 17.4 Å². The number of carbonyl (C=O) groups excluding carboxylic acids is 1. The van der Waals surface area contributed by atoms with Gasteiger partial charge in [-0.1, -0.05) is 20.8 Å². The standard InChI is InChI=1S/C20H21NO6/c1-10-11-5-13-14(20(2,3)4)9-26-15(13)7-16(11)27-19(25)12(10)6-17(22)21-8-18(23)24/h5,7,9H,6,8H2,1-4H3,(H,21,22)(H,23,24). The molecule has 27 heavy (non-hydrogen) atoms. The molecule has 1 amide bonds. The summed E-state index contributed by atoms with van der Waals surface area (Å²) in [7, 11) is 0. The van der Waals surface area contributed by atoms with Gasteiger partial charge in [0.2, 0.25) is 5.91 Å². The molecular weight excluding hydrogens is 350 g/mol. The monoisotopic (exact) mass is 371 g/mol. The van der Waals surface area contributed by atoms with Crippen molar-refractivity contribution in [2.45, 2.75) is 39.5 Å². The van der Waals surface area contributed by atoms with E-state index in [2.05, 4.69) is 26.1 Å². The number of hydrogen-bond donors (Lipinski definition) is 2. The van der Waals surface area contributed by atoms with Gasteiger partial charge in [0.15, 0.2) is 0 Å². The lowest BCUT2D eigenvalue weighted by molar-refractivity contribution is -0.137. The van der Waals surface area contributed by atoms with Gasteiger partial charge >= 0.3 is 11.6 Å². The molecule has 0 bridgehead atoms. The number of carboxylic acids is 1. The van der Waals surface area contributed by atoms with Crippen LogP contribution < -0.4 is 10.9 Å². The molecule has 142 valence electrons. The highest BCUT2D eigenvalue weighted by atomic mass is 16.4. The van der Waals surface area contributed by atoms with Crippen molar-refractivity contribution in [1.29, 1.82) is 0 Å². The van der Waals surface area contributed by atoms with Gasteiger partial charge in [-0.15, -0.1) is 0 Å². The van der Waals surface area contributed by atoms with Gasteiger partial charge < -0.3 is 19.3 Å². The Labute approximate surface area is 155 Å². The van der Waals surface area contributed by atoms with E-state index in [4.69, 9.17) is 13.9 Å². The molecule has 0 fully saturated rings. The lowest BCUT2D eigenvalue weighted by atomic mass is 9.86. The Bertz CT molecular complexity index is 1110. The molecular formula is C20H21NO6. The van der Waals surface area contributed by atoms with E-state index in [9.17, 15) is 14.4 Å². The predicted octanol–water partition coefficient (Wildman–Crippen LogP) is 2.89. The number of aryl methyl sites for hydroxylation is 1. The van der Waals surface area contributed by atoms with Gasteiger partial charge in [0, 0.05) is 22.4 Å². The fraction of sp³-hybridized carbons (Fsp3) is 0.350. The second kappa shape index (κ2) is 6.57. The number of hydrogen-bond acceptors (Lipinski definition) is 5. The molecule has 1 aromatic carbocycles. The summed E-state index contributed by atoms with van der Waals surface area (Å²) in [6.45, 7) is 7.50. The maximum atomic E-state index is 12.3. The van der Waals surface area contributed by atoms with Crippen LogP contribution in [0.1, 0.15) is 37.5 Å². The molecule has 0 unspecified atom stereocenters. The van der Waals surface area contributed by atoms with Crippen molar-refractivity contribution in [2.75, 3.05) is 6.54 Å². The van der Waals surface area contributed by atoms with E-state index in [1.165, 1.54) is 0 Å².